The summed E-state index contributed by atoms with van der Waals surface area (Å²) in [6.45, 7) is 2.18. The molecular formula is C21H26N2O2. The molecule has 0 aliphatic rings. The fourth-order valence-corrected chi connectivity index (χ4v) is 2.41. The first-order valence-corrected chi connectivity index (χ1v) is 8.93. The highest BCUT2D eigenvalue weighted by Gasteiger charge is 2.00. The lowest BCUT2D eigenvalue weighted by atomic mass is 10.1. The molecule has 0 radical (unpaired) electrons. The van der Waals surface area contributed by atoms with Gasteiger partial charge in [-0.3, -0.25) is 4.79 Å². The molecule has 1 amide bonds. The number of hydrogen-bond donors (Lipinski definition) is 1. The Morgan fingerprint density at radius 2 is 1.76 bits per heavy atom. The zero-order valence-corrected chi connectivity index (χ0v) is 14.8. The summed E-state index contributed by atoms with van der Waals surface area (Å²) in [7, 11) is 0. The summed E-state index contributed by atoms with van der Waals surface area (Å²) < 4.78 is 5.78. The summed E-state index contributed by atoms with van der Waals surface area (Å²) in [4.78, 5) is 11.7. The minimum atomic E-state index is -0.0376. The second-order valence-corrected chi connectivity index (χ2v) is 5.94. The van der Waals surface area contributed by atoms with Crippen molar-refractivity contribution in [3.63, 3.8) is 0 Å². The van der Waals surface area contributed by atoms with Crippen LogP contribution in [0.1, 0.15) is 51.0 Å². The molecule has 132 valence electrons. The zero-order valence-electron chi connectivity index (χ0n) is 14.8. The smallest absolute Gasteiger partial charge is 0.240 e. The van der Waals surface area contributed by atoms with Gasteiger partial charge in [0.25, 0.3) is 0 Å². The molecule has 0 fully saturated rings. The van der Waals surface area contributed by atoms with Crippen LogP contribution in [-0.4, -0.2) is 12.1 Å². The maximum atomic E-state index is 11.7. The van der Waals surface area contributed by atoms with Gasteiger partial charge in [0.15, 0.2) is 0 Å². The molecule has 0 spiro atoms. The molecule has 4 nitrogen and oxygen atoms in total. The number of hydrazone groups is 1. The van der Waals surface area contributed by atoms with Gasteiger partial charge in [0, 0.05) is 6.42 Å². The van der Waals surface area contributed by atoms with Crippen LogP contribution in [-0.2, 0) is 4.79 Å². The highest BCUT2D eigenvalue weighted by Crippen LogP contribution is 2.21. The molecule has 0 heterocycles. The van der Waals surface area contributed by atoms with Crippen LogP contribution in [0.5, 0.6) is 11.5 Å². The number of para-hydroxylation sites is 1. The maximum absolute atomic E-state index is 11.7. The predicted octanol–water partition coefficient (Wildman–Crippen LogP) is 5.29. The van der Waals surface area contributed by atoms with E-state index in [1.807, 2.05) is 54.6 Å². The molecule has 0 unspecified atom stereocenters. The minimum Gasteiger partial charge on any atom is -0.457 e. The van der Waals surface area contributed by atoms with Crippen LogP contribution in [0.2, 0.25) is 0 Å². The van der Waals surface area contributed by atoms with Gasteiger partial charge in [0.2, 0.25) is 5.91 Å². The second-order valence-electron chi connectivity index (χ2n) is 5.94. The van der Waals surface area contributed by atoms with Gasteiger partial charge < -0.3 is 4.74 Å². The largest absolute Gasteiger partial charge is 0.457 e. The molecule has 2 rings (SSSR count). The standard InChI is InChI=1S/C21H26N2O2/c1-2-3-4-5-9-15-21(24)23-22-17-18-11-10-14-20(16-18)25-19-12-7-6-8-13-19/h6-8,10-14,16-17H,2-5,9,15H2,1H3,(H,23,24). The van der Waals surface area contributed by atoms with Crippen LogP contribution in [0, 0.1) is 0 Å². The van der Waals surface area contributed by atoms with E-state index >= 15 is 0 Å². The highest BCUT2D eigenvalue weighted by molar-refractivity contribution is 5.82. The van der Waals surface area contributed by atoms with Gasteiger partial charge in [0.05, 0.1) is 6.21 Å². The number of carbonyl (C=O) groups excluding carboxylic acids is 1. The Balaban J connectivity index is 1.77. The van der Waals surface area contributed by atoms with Gasteiger partial charge in [-0.05, 0) is 36.2 Å². The third kappa shape index (κ3) is 7.66. The Labute approximate surface area is 149 Å². The molecule has 4 heteroatoms. The maximum Gasteiger partial charge on any atom is 0.240 e. The van der Waals surface area contributed by atoms with E-state index in [1.54, 1.807) is 6.21 Å². The van der Waals surface area contributed by atoms with Crippen molar-refractivity contribution < 1.29 is 9.53 Å². The fourth-order valence-electron chi connectivity index (χ4n) is 2.41. The van der Waals surface area contributed by atoms with Gasteiger partial charge >= 0.3 is 0 Å². The predicted molar refractivity (Wildman–Crippen MR) is 102 cm³/mol. The first-order valence-electron chi connectivity index (χ1n) is 8.93. The number of rotatable bonds is 10. The number of nitrogens with one attached hydrogen (secondary N) is 1. The van der Waals surface area contributed by atoms with E-state index in [4.69, 9.17) is 4.74 Å². The molecule has 2 aromatic carbocycles. The van der Waals surface area contributed by atoms with Crippen LogP contribution in [0.4, 0.5) is 0 Å². The van der Waals surface area contributed by atoms with Crippen molar-refractivity contribution in [1.82, 2.24) is 5.43 Å². The van der Waals surface area contributed by atoms with Crippen molar-refractivity contribution in [1.29, 1.82) is 0 Å². The highest BCUT2D eigenvalue weighted by atomic mass is 16.5. The minimum absolute atomic E-state index is 0.0376. The van der Waals surface area contributed by atoms with Gasteiger partial charge in [0.1, 0.15) is 11.5 Å². The first-order chi connectivity index (χ1) is 12.3. The summed E-state index contributed by atoms with van der Waals surface area (Å²) >= 11 is 0. The van der Waals surface area contributed by atoms with Crippen molar-refractivity contribution in [2.75, 3.05) is 0 Å². The Hall–Kier alpha value is -2.62. The Kier molecular flexibility index (Phi) is 8.25. The normalized spacial score (nSPS) is 10.8. The summed E-state index contributed by atoms with van der Waals surface area (Å²) in [5.74, 6) is 1.48. The monoisotopic (exact) mass is 338 g/mol. The number of nitrogens with zero attached hydrogens (tertiary/aromatic N) is 1. The van der Waals surface area contributed by atoms with Crippen LogP contribution in [0.3, 0.4) is 0 Å². The van der Waals surface area contributed by atoms with Gasteiger partial charge in [-0.15, -0.1) is 0 Å². The van der Waals surface area contributed by atoms with E-state index in [9.17, 15) is 4.79 Å². The molecule has 0 aromatic heterocycles. The molecular weight excluding hydrogens is 312 g/mol. The van der Waals surface area contributed by atoms with Gasteiger partial charge in [-0.1, -0.05) is 62.9 Å². The quantitative estimate of drug-likeness (QED) is 0.363. The van der Waals surface area contributed by atoms with E-state index in [2.05, 4.69) is 17.5 Å². The summed E-state index contributed by atoms with van der Waals surface area (Å²) in [5.41, 5.74) is 3.45. The second kappa shape index (κ2) is 11.0. The van der Waals surface area contributed by atoms with Crippen molar-refractivity contribution in [3.8, 4) is 11.5 Å². The number of hydrogen-bond acceptors (Lipinski definition) is 3. The van der Waals surface area contributed by atoms with Crippen molar-refractivity contribution in [3.05, 3.63) is 60.2 Å². The molecule has 0 aliphatic carbocycles. The molecule has 2 aromatic rings. The van der Waals surface area contributed by atoms with E-state index < -0.39 is 0 Å². The van der Waals surface area contributed by atoms with Gasteiger partial charge in [-0.2, -0.15) is 5.10 Å². The Morgan fingerprint density at radius 3 is 2.56 bits per heavy atom. The summed E-state index contributed by atoms with van der Waals surface area (Å²) in [6.07, 6.45) is 7.82. The number of benzene rings is 2. The number of unbranched alkanes of at least 4 members (excludes halogenated alkanes) is 4. The lowest BCUT2D eigenvalue weighted by Crippen LogP contribution is -2.16. The third-order valence-electron chi connectivity index (χ3n) is 3.75. The summed E-state index contributed by atoms with van der Waals surface area (Å²) in [5, 5.41) is 4.02. The van der Waals surface area contributed by atoms with E-state index in [-0.39, 0.29) is 5.91 Å². The lowest BCUT2D eigenvalue weighted by molar-refractivity contribution is -0.121. The summed E-state index contributed by atoms with van der Waals surface area (Å²) in [6, 6.07) is 17.2. The van der Waals surface area contributed by atoms with Crippen LogP contribution < -0.4 is 10.2 Å². The third-order valence-corrected chi connectivity index (χ3v) is 3.75. The van der Waals surface area contributed by atoms with E-state index in [0.717, 1.165) is 29.9 Å². The molecule has 0 saturated carbocycles. The molecule has 0 atom stereocenters. The molecule has 0 bridgehead atoms. The van der Waals surface area contributed by atoms with Gasteiger partial charge in [-0.25, -0.2) is 5.43 Å². The number of ether oxygens (including phenoxy) is 1. The van der Waals surface area contributed by atoms with E-state index in [1.165, 1.54) is 19.3 Å². The van der Waals surface area contributed by atoms with Crippen LogP contribution in [0.15, 0.2) is 59.7 Å². The number of amides is 1. The number of carbonyl (C=O) groups is 1. The zero-order chi connectivity index (χ0) is 17.7. The Bertz CT molecular complexity index is 669. The van der Waals surface area contributed by atoms with Crippen molar-refractivity contribution in [2.45, 2.75) is 45.4 Å². The average molecular weight is 338 g/mol. The molecule has 0 aliphatic heterocycles. The fraction of sp³-hybridized carbons (Fsp3) is 0.333. The van der Waals surface area contributed by atoms with Crippen molar-refractivity contribution in [2.24, 2.45) is 5.10 Å². The lowest BCUT2D eigenvalue weighted by Gasteiger charge is -2.05. The first kappa shape index (κ1) is 18.7. The van der Waals surface area contributed by atoms with Crippen molar-refractivity contribution >= 4 is 12.1 Å². The SMILES string of the molecule is CCCCCCCC(=O)NN=Cc1cccc(Oc2ccccc2)c1. The average Bonchev–Trinajstić information content (AvgIpc) is 2.63. The van der Waals surface area contributed by atoms with Crippen LogP contribution in [0.25, 0.3) is 0 Å². The van der Waals surface area contributed by atoms with E-state index in [0.29, 0.717) is 6.42 Å². The topological polar surface area (TPSA) is 50.7 Å². The molecule has 1 N–H and O–H groups in total. The molecule has 0 saturated heterocycles. The Morgan fingerprint density at radius 1 is 1.00 bits per heavy atom. The van der Waals surface area contributed by atoms with Crippen LogP contribution >= 0.6 is 0 Å². The molecule has 25 heavy (non-hydrogen) atoms.